The molecule has 0 saturated carbocycles. The van der Waals surface area contributed by atoms with Gasteiger partial charge in [0.15, 0.2) is 10.6 Å². The Morgan fingerprint density at radius 2 is 1.94 bits per heavy atom. The number of nitrogens with zero attached hydrogens (tertiary/aromatic N) is 2. The lowest BCUT2D eigenvalue weighted by atomic mass is 9.99. The molecule has 3 heterocycles. The van der Waals surface area contributed by atoms with Gasteiger partial charge in [-0.3, -0.25) is 14.5 Å². The molecule has 0 saturated heterocycles. The Kier molecular flexibility index (Phi) is 5.35. The lowest BCUT2D eigenvalue weighted by molar-refractivity contribution is 0.0526. The number of thiazole rings is 1. The first-order valence-electron chi connectivity index (χ1n) is 11.2. The molecule has 0 spiro atoms. The molecule has 6 rings (SSSR count). The van der Waals surface area contributed by atoms with Crippen molar-refractivity contribution in [3.05, 3.63) is 104 Å². The number of ether oxygens (including phenoxy) is 1. The molecule has 1 aliphatic heterocycles. The number of anilines is 1. The second kappa shape index (κ2) is 8.58. The van der Waals surface area contributed by atoms with Gasteiger partial charge >= 0.3 is 5.97 Å². The van der Waals surface area contributed by atoms with Gasteiger partial charge in [-0.05, 0) is 55.0 Å². The predicted octanol–water partition coefficient (Wildman–Crippen LogP) is 5.98. The summed E-state index contributed by atoms with van der Waals surface area (Å²) in [7, 11) is 0. The summed E-state index contributed by atoms with van der Waals surface area (Å²) in [4.78, 5) is 45.7. The first-order chi connectivity index (χ1) is 17.5. The van der Waals surface area contributed by atoms with E-state index in [1.807, 2.05) is 6.07 Å². The molecule has 5 aromatic rings. The Labute approximate surface area is 213 Å². The third-order valence-corrected chi connectivity index (χ3v) is 7.29. The molecule has 0 radical (unpaired) electrons. The van der Waals surface area contributed by atoms with Crippen LogP contribution in [0.2, 0.25) is 5.02 Å². The SMILES string of the molecule is CCOC(=O)c1ccc2nc(N3C(=O)c4oc5ccccc5c(=O)c4C3c3cccc(Cl)c3)sc2c1. The summed E-state index contributed by atoms with van der Waals surface area (Å²) in [5.41, 5.74) is 1.96. The smallest absolute Gasteiger partial charge is 0.338 e. The van der Waals surface area contributed by atoms with Gasteiger partial charge in [0, 0.05) is 5.02 Å². The van der Waals surface area contributed by atoms with Gasteiger partial charge in [-0.1, -0.05) is 47.2 Å². The summed E-state index contributed by atoms with van der Waals surface area (Å²) in [5.74, 6) is -0.921. The zero-order valence-electron chi connectivity index (χ0n) is 18.9. The van der Waals surface area contributed by atoms with E-state index in [9.17, 15) is 14.4 Å². The molecule has 2 aromatic heterocycles. The number of hydrogen-bond acceptors (Lipinski definition) is 7. The van der Waals surface area contributed by atoms with Gasteiger partial charge in [-0.15, -0.1) is 0 Å². The molecular weight excluding hydrogens is 500 g/mol. The molecule has 0 fully saturated rings. The Balaban J connectivity index is 1.56. The number of amides is 1. The third-order valence-electron chi connectivity index (χ3n) is 6.04. The molecule has 9 heteroatoms. The maximum absolute atomic E-state index is 13.8. The van der Waals surface area contributed by atoms with E-state index in [2.05, 4.69) is 4.98 Å². The molecule has 7 nitrogen and oxygen atoms in total. The van der Waals surface area contributed by atoms with Crippen molar-refractivity contribution in [2.24, 2.45) is 0 Å². The van der Waals surface area contributed by atoms with Crippen LogP contribution >= 0.6 is 22.9 Å². The number of para-hydroxylation sites is 1. The number of hydrogen-bond donors (Lipinski definition) is 0. The molecule has 3 aromatic carbocycles. The van der Waals surface area contributed by atoms with Crippen LogP contribution < -0.4 is 10.3 Å². The Morgan fingerprint density at radius 1 is 1.11 bits per heavy atom. The van der Waals surface area contributed by atoms with Crippen LogP contribution in [0, 0.1) is 0 Å². The van der Waals surface area contributed by atoms with Crippen LogP contribution in [-0.2, 0) is 4.74 Å². The van der Waals surface area contributed by atoms with Gasteiger partial charge in [0.25, 0.3) is 5.91 Å². The molecule has 0 aliphatic carbocycles. The Morgan fingerprint density at radius 3 is 2.75 bits per heavy atom. The first-order valence-corrected chi connectivity index (χ1v) is 12.4. The normalized spacial score (nSPS) is 15.0. The number of benzene rings is 3. The largest absolute Gasteiger partial charge is 0.462 e. The topological polar surface area (TPSA) is 89.7 Å². The standard InChI is InChI=1S/C27H17ClN2O5S/c1-2-34-26(33)15-10-11-18-20(13-15)36-27(29-18)30-22(14-6-5-7-16(28)12-14)21-23(31)17-8-3-4-9-19(17)35-24(21)25(30)32/h3-13,22H,2H2,1H3. The number of fused-ring (bicyclic) bond motifs is 3. The van der Waals surface area contributed by atoms with E-state index in [4.69, 9.17) is 20.8 Å². The van der Waals surface area contributed by atoms with Gasteiger partial charge in [-0.25, -0.2) is 9.78 Å². The minimum atomic E-state index is -0.780. The highest BCUT2D eigenvalue weighted by molar-refractivity contribution is 7.22. The van der Waals surface area contributed by atoms with Gasteiger partial charge in [-0.2, -0.15) is 0 Å². The van der Waals surface area contributed by atoms with Gasteiger partial charge < -0.3 is 9.15 Å². The molecule has 36 heavy (non-hydrogen) atoms. The molecule has 1 unspecified atom stereocenters. The van der Waals surface area contributed by atoms with Crippen molar-refractivity contribution in [1.82, 2.24) is 4.98 Å². The Hall–Kier alpha value is -4.01. The number of carbonyl (C=O) groups excluding carboxylic acids is 2. The molecule has 1 amide bonds. The van der Waals surface area contributed by atoms with E-state index in [0.717, 1.165) is 0 Å². The van der Waals surface area contributed by atoms with Crippen LogP contribution in [0.5, 0.6) is 0 Å². The summed E-state index contributed by atoms with van der Waals surface area (Å²) in [6.45, 7) is 2.01. The highest BCUT2D eigenvalue weighted by Crippen LogP contribution is 2.44. The van der Waals surface area contributed by atoms with Crippen LogP contribution in [0.25, 0.3) is 21.2 Å². The average Bonchev–Trinajstić information content (AvgIpc) is 3.42. The molecule has 1 aliphatic rings. The first kappa shape index (κ1) is 22.5. The van der Waals surface area contributed by atoms with E-state index < -0.39 is 17.9 Å². The second-order valence-corrected chi connectivity index (χ2v) is 9.65. The zero-order valence-corrected chi connectivity index (χ0v) is 20.4. The Bertz CT molecular complexity index is 1760. The van der Waals surface area contributed by atoms with Crippen molar-refractivity contribution < 1.29 is 18.7 Å². The van der Waals surface area contributed by atoms with Crippen molar-refractivity contribution in [1.29, 1.82) is 0 Å². The van der Waals surface area contributed by atoms with Crippen molar-refractivity contribution >= 4 is 61.1 Å². The maximum Gasteiger partial charge on any atom is 0.338 e. The fourth-order valence-corrected chi connectivity index (χ4v) is 5.70. The minimum Gasteiger partial charge on any atom is -0.462 e. The fourth-order valence-electron chi connectivity index (χ4n) is 4.47. The molecule has 1 atom stereocenters. The van der Waals surface area contributed by atoms with Crippen molar-refractivity contribution in [3.8, 4) is 0 Å². The van der Waals surface area contributed by atoms with Crippen molar-refractivity contribution in [2.75, 3.05) is 11.5 Å². The van der Waals surface area contributed by atoms with Gasteiger partial charge in [0.2, 0.25) is 5.76 Å². The third kappa shape index (κ3) is 3.49. The molecule has 0 bridgehead atoms. The van der Waals surface area contributed by atoms with Crippen LogP contribution in [0.4, 0.5) is 5.13 Å². The fraction of sp³-hybridized carbons (Fsp3) is 0.111. The van der Waals surface area contributed by atoms with Crippen LogP contribution in [0.15, 0.2) is 75.9 Å². The van der Waals surface area contributed by atoms with Crippen LogP contribution in [0.3, 0.4) is 0 Å². The monoisotopic (exact) mass is 516 g/mol. The molecule has 178 valence electrons. The summed E-state index contributed by atoms with van der Waals surface area (Å²) >= 11 is 7.53. The van der Waals surface area contributed by atoms with Crippen LogP contribution in [0.1, 0.15) is 45.0 Å². The van der Waals surface area contributed by atoms with E-state index in [-0.39, 0.29) is 23.4 Å². The predicted molar refractivity (Wildman–Crippen MR) is 138 cm³/mol. The summed E-state index contributed by atoms with van der Waals surface area (Å²) in [6, 6.07) is 18.1. The second-order valence-electron chi connectivity index (χ2n) is 8.20. The number of halogens is 1. The van der Waals surface area contributed by atoms with Crippen molar-refractivity contribution in [2.45, 2.75) is 13.0 Å². The van der Waals surface area contributed by atoms with E-state index in [0.29, 0.717) is 42.5 Å². The van der Waals surface area contributed by atoms with Crippen LogP contribution in [-0.4, -0.2) is 23.5 Å². The number of esters is 1. The summed E-state index contributed by atoms with van der Waals surface area (Å²) in [5, 5.41) is 1.24. The van der Waals surface area contributed by atoms with E-state index >= 15 is 0 Å². The zero-order chi connectivity index (χ0) is 25.0. The maximum atomic E-state index is 13.8. The number of aromatic nitrogens is 1. The molecule has 0 N–H and O–H groups in total. The van der Waals surface area contributed by atoms with E-state index in [1.54, 1.807) is 67.6 Å². The lowest BCUT2D eigenvalue weighted by Crippen LogP contribution is -2.29. The molecular formula is C27H17ClN2O5S. The summed E-state index contributed by atoms with van der Waals surface area (Å²) in [6.07, 6.45) is 0. The highest BCUT2D eigenvalue weighted by atomic mass is 35.5. The average molecular weight is 517 g/mol. The van der Waals surface area contributed by atoms with Gasteiger partial charge in [0.1, 0.15) is 5.58 Å². The number of carbonyl (C=O) groups is 2. The van der Waals surface area contributed by atoms with Gasteiger partial charge in [0.05, 0.1) is 39.4 Å². The minimum absolute atomic E-state index is 0.0184. The number of rotatable bonds is 4. The summed E-state index contributed by atoms with van der Waals surface area (Å²) < 4.78 is 11.8. The van der Waals surface area contributed by atoms with E-state index in [1.165, 1.54) is 16.2 Å². The highest BCUT2D eigenvalue weighted by Gasteiger charge is 2.45. The van der Waals surface area contributed by atoms with Crippen molar-refractivity contribution in [3.63, 3.8) is 0 Å². The lowest BCUT2D eigenvalue weighted by Gasteiger charge is -2.22. The quantitative estimate of drug-likeness (QED) is 0.273.